The van der Waals surface area contributed by atoms with Gasteiger partial charge in [-0.1, -0.05) is 55.5 Å². The zero-order valence-corrected chi connectivity index (χ0v) is 20.9. The van der Waals surface area contributed by atoms with Crippen LogP contribution in [0.1, 0.15) is 46.3 Å². The Morgan fingerprint density at radius 3 is 2.20 bits per heavy atom. The predicted molar refractivity (Wildman–Crippen MR) is 137 cm³/mol. The van der Waals surface area contributed by atoms with Crippen molar-refractivity contribution in [3.8, 4) is 11.1 Å². The van der Waals surface area contributed by atoms with E-state index >= 15 is 0 Å². The summed E-state index contributed by atoms with van der Waals surface area (Å²) in [6, 6.07) is 18.4. The van der Waals surface area contributed by atoms with E-state index in [4.69, 9.17) is 4.74 Å². The largest absolute Gasteiger partial charge is 0.480 e. The summed E-state index contributed by atoms with van der Waals surface area (Å²) >= 11 is 3.35. The first-order valence-electron chi connectivity index (χ1n) is 11.3. The highest BCUT2D eigenvalue weighted by Gasteiger charge is 2.29. The Hall–Kier alpha value is -3.65. The van der Waals surface area contributed by atoms with E-state index in [9.17, 15) is 19.5 Å². The molecule has 180 valence electrons. The molecular weight excluding hydrogens is 512 g/mol. The summed E-state index contributed by atoms with van der Waals surface area (Å²) in [7, 11) is 0. The van der Waals surface area contributed by atoms with Gasteiger partial charge in [-0.25, -0.2) is 9.59 Å². The number of aryl methyl sites for hydroxylation is 1. The van der Waals surface area contributed by atoms with Crippen LogP contribution >= 0.6 is 15.9 Å². The molecule has 0 unspecified atom stereocenters. The molecule has 0 aromatic heterocycles. The summed E-state index contributed by atoms with van der Waals surface area (Å²) in [6.07, 6.45) is -0.393. The number of hydrogen-bond donors (Lipinski definition) is 3. The minimum absolute atomic E-state index is 0.0671. The summed E-state index contributed by atoms with van der Waals surface area (Å²) in [5.41, 5.74) is 5.84. The van der Waals surface area contributed by atoms with Gasteiger partial charge in [0.25, 0.3) is 5.91 Å². The van der Waals surface area contributed by atoms with Gasteiger partial charge < -0.3 is 15.2 Å². The Morgan fingerprint density at radius 1 is 1.03 bits per heavy atom. The van der Waals surface area contributed by atoms with Crippen LogP contribution in [0.4, 0.5) is 10.5 Å². The molecule has 3 N–H and O–H groups in total. The number of fused-ring (bicyclic) bond motifs is 3. The monoisotopic (exact) mass is 536 g/mol. The molecule has 0 spiro atoms. The van der Waals surface area contributed by atoms with Gasteiger partial charge in [0.1, 0.15) is 12.6 Å². The highest BCUT2D eigenvalue weighted by atomic mass is 79.9. The second-order valence-electron chi connectivity index (χ2n) is 8.37. The average Bonchev–Trinajstić information content (AvgIpc) is 3.16. The van der Waals surface area contributed by atoms with Gasteiger partial charge in [0.2, 0.25) is 0 Å². The predicted octanol–water partition coefficient (Wildman–Crippen LogP) is 5.71. The van der Waals surface area contributed by atoms with Gasteiger partial charge in [0.05, 0.1) is 5.56 Å². The average molecular weight is 537 g/mol. The maximum atomic E-state index is 12.7. The fraction of sp³-hybridized carbons (Fsp3) is 0.222. The summed E-state index contributed by atoms with van der Waals surface area (Å²) in [5.74, 6) is -1.73. The third-order valence-corrected chi connectivity index (χ3v) is 6.81. The summed E-state index contributed by atoms with van der Waals surface area (Å²) < 4.78 is 6.09. The van der Waals surface area contributed by atoms with Crippen molar-refractivity contribution in [1.82, 2.24) is 5.32 Å². The van der Waals surface area contributed by atoms with E-state index in [1.54, 1.807) is 19.9 Å². The number of carbonyl (C=O) groups is 3. The van der Waals surface area contributed by atoms with Crippen molar-refractivity contribution in [3.63, 3.8) is 0 Å². The fourth-order valence-electron chi connectivity index (χ4n) is 4.30. The van der Waals surface area contributed by atoms with E-state index in [0.717, 1.165) is 22.3 Å². The molecule has 1 aliphatic carbocycles. The van der Waals surface area contributed by atoms with Gasteiger partial charge in [-0.05, 0) is 69.2 Å². The standard InChI is InChI=1S/C27H25BrN2O5/c1-3-23(26(32)33)29-25(31)20-13-24(15(2)12-22(20)28)30-27(34)35-14-21-18-10-6-4-8-16(18)17-9-5-7-11-19(17)21/h4-13,21,23H,3,14H2,1-2H3,(H,29,31)(H,30,34)(H,32,33)/t23-/m0/s1. The van der Waals surface area contributed by atoms with Crippen LogP contribution in [0.3, 0.4) is 0 Å². The number of amides is 2. The van der Waals surface area contributed by atoms with Crippen molar-refractivity contribution in [1.29, 1.82) is 0 Å². The fourth-order valence-corrected chi connectivity index (χ4v) is 4.94. The molecule has 0 bridgehead atoms. The number of hydrogen-bond acceptors (Lipinski definition) is 4. The molecule has 0 fully saturated rings. The van der Waals surface area contributed by atoms with E-state index < -0.39 is 24.0 Å². The summed E-state index contributed by atoms with van der Waals surface area (Å²) in [4.78, 5) is 36.7. The second-order valence-corrected chi connectivity index (χ2v) is 9.22. The molecule has 4 rings (SSSR count). The van der Waals surface area contributed by atoms with Crippen LogP contribution in [-0.4, -0.2) is 35.7 Å². The Balaban J connectivity index is 1.48. The Labute approximate surface area is 211 Å². The summed E-state index contributed by atoms with van der Waals surface area (Å²) in [6.45, 7) is 3.63. The highest BCUT2D eigenvalue weighted by molar-refractivity contribution is 9.10. The van der Waals surface area contributed by atoms with Crippen LogP contribution in [0.15, 0.2) is 65.1 Å². The SMILES string of the molecule is CC[C@H](NC(=O)c1cc(NC(=O)OCC2c3ccccc3-c3ccccc32)c(C)cc1Br)C(=O)O. The lowest BCUT2D eigenvalue weighted by Gasteiger charge is -2.17. The summed E-state index contributed by atoms with van der Waals surface area (Å²) in [5, 5.41) is 14.4. The number of rotatable bonds is 7. The number of anilines is 1. The number of benzene rings is 3. The number of nitrogens with one attached hydrogen (secondary N) is 2. The van der Waals surface area contributed by atoms with Crippen molar-refractivity contribution in [2.45, 2.75) is 32.2 Å². The lowest BCUT2D eigenvalue weighted by molar-refractivity contribution is -0.139. The van der Waals surface area contributed by atoms with E-state index in [0.29, 0.717) is 15.7 Å². The van der Waals surface area contributed by atoms with Crippen molar-refractivity contribution < 1.29 is 24.2 Å². The minimum atomic E-state index is -1.11. The number of carboxylic acid groups (broad SMARTS) is 1. The van der Waals surface area contributed by atoms with Crippen LogP contribution in [0, 0.1) is 6.92 Å². The minimum Gasteiger partial charge on any atom is -0.480 e. The van der Waals surface area contributed by atoms with Crippen molar-refractivity contribution in [2.75, 3.05) is 11.9 Å². The molecule has 3 aromatic rings. The van der Waals surface area contributed by atoms with Gasteiger partial charge in [0, 0.05) is 16.1 Å². The molecule has 7 nitrogen and oxygen atoms in total. The lowest BCUT2D eigenvalue weighted by Crippen LogP contribution is -2.40. The number of halogens is 1. The molecule has 0 heterocycles. The van der Waals surface area contributed by atoms with Crippen LogP contribution in [0.2, 0.25) is 0 Å². The van der Waals surface area contributed by atoms with E-state index in [2.05, 4.69) is 38.7 Å². The highest BCUT2D eigenvalue weighted by Crippen LogP contribution is 2.44. The van der Waals surface area contributed by atoms with E-state index in [-0.39, 0.29) is 24.5 Å². The zero-order chi connectivity index (χ0) is 25.1. The number of ether oxygens (including phenoxy) is 1. The van der Waals surface area contributed by atoms with Gasteiger partial charge >= 0.3 is 12.1 Å². The zero-order valence-electron chi connectivity index (χ0n) is 19.3. The molecule has 1 aliphatic rings. The number of aliphatic carboxylic acids is 1. The Bertz CT molecular complexity index is 1260. The van der Waals surface area contributed by atoms with E-state index in [1.165, 1.54) is 6.07 Å². The van der Waals surface area contributed by atoms with Crippen molar-refractivity contribution >= 4 is 39.6 Å². The molecular formula is C27H25BrN2O5. The molecule has 3 aromatic carbocycles. The Kier molecular flexibility index (Phi) is 7.21. The number of carboxylic acids is 1. The molecule has 35 heavy (non-hydrogen) atoms. The van der Waals surface area contributed by atoms with Crippen LogP contribution in [0.5, 0.6) is 0 Å². The molecule has 2 amide bonds. The molecule has 0 radical (unpaired) electrons. The second kappa shape index (κ2) is 10.3. The van der Waals surface area contributed by atoms with Gasteiger partial charge in [0.15, 0.2) is 0 Å². The first-order valence-corrected chi connectivity index (χ1v) is 12.0. The third-order valence-electron chi connectivity index (χ3n) is 6.15. The maximum absolute atomic E-state index is 12.7. The quantitative estimate of drug-likeness (QED) is 0.358. The normalized spacial score (nSPS) is 12.9. The first kappa shape index (κ1) is 24.5. The molecule has 0 aliphatic heterocycles. The van der Waals surface area contributed by atoms with Crippen LogP contribution < -0.4 is 10.6 Å². The van der Waals surface area contributed by atoms with Crippen molar-refractivity contribution in [2.24, 2.45) is 0 Å². The molecule has 0 saturated heterocycles. The third kappa shape index (κ3) is 5.07. The maximum Gasteiger partial charge on any atom is 0.411 e. The molecule has 0 saturated carbocycles. The van der Waals surface area contributed by atoms with E-state index in [1.807, 2.05) is 36.4 Å². The van der Waals surface area contributed by atoms with Gasteiger partial charge in [-0.3, -0.25) is 10.1 Å². The lowest BCUT2D eigenvalue weighted by atomic mass is 9.98. The molecule has 1 atom stereocenters. The van der Waals surface area contributed by atoms with Crippen LogP contribution in [-0.2, 0) is 9.53 Å². The topological polar surface area (TPSA) is 105 Å². The first-order chi connectivity index (χ1) is 16.8. The van der Waals surface area contributed by atoms with Gasteiger partial charge in [-0.2, -0.15) is 0 Å². The Morgan fingerprint density at radius 2 is 1.63 bits per heavy atom. The van der Waals surface area contributed by atoms with Crippen molar-refractivity contribution in [3.05, 3.63) is 87.4 Å². The molecule has 8 heteroatoms. The number of carbonyl (C=O) groups excluding carboxylic acids is 2. The van der Waals surface area contributed by atoms with Crippen LogP contribution in [0.25, 0.3) is 11.1 Å². The smallest absolute Gasteiger partial charge is 0.411 e. The van der Waals surface area contributed by atoms with Gasteiger partial charge in [-0.15, -0.1) is 0 Å².